The van der Waals surface area contributed by atoms with Crippen molar-refractivity contribution in [3.63, 3.8) is 0 Å². The minimum Gasteiger partial charge on any atom is -0.263 e. The molecule has 1 aromatic carbocycles. The summed E-state index contributed by atoms with van der Waals surface area (Å²) >= 11 is 3.27. The molecule has 0 unspecified atom stereocenters. The summed E-state index contributed by atoms with van der Waals surface area (Å²) in [5.74, 6) is -0.356. The zero-order chi connectivity index (χ0) is 11.5. The van der Waals surface area contributed by atoms with Crippen molar-refractivity contribution in [1.82, 2.24) is 4.98 Å². The first-order chi connectivity index (χ1) is 7.72. The second-order valence-corrected chi connectivity index (χ2v) is 4.07. The fraction of sp³-hybridized carbons (Fsp3) is 0. The molecule has 4 heteroatoms. The van der Waals surface area contributed by atoms with E-state index >= 15 is 0 Å². The van der Waals surface area contributed by atoms with Gasteiger partial charge in [0.25, 0.3) is 0 Å². The second-order valence-electron chi connectivity index (χ2n) is 3.16. The monoisotopic (exact) mass is 276 g/mol. The lowest BCUT2D eigenvalue weighted by Gasteiger charge is -2.05. The summed E-state index contributed by atoms with van der Waals surface area (Å²) in [6.07, 6.45) is 2.96. The van der Waals surface area contributed by atoms with Crippen LogP contribution in [-0.2, 0) is 0 Å². The van der Waals surface area contributed by atoms with Gasteiger partial charge in [-0.25, -0.2) is 4.39 Å². The summed E-state index contributed by atoms with van der Waals surface area (Å²) in [5.41, 5.74) is 1.31. The number of nitrogens with zero attached hydrogens (tertiary/aromatic N) is 2. The average molecular weight is 277 g/mol. The normalized spacial score (nSPS) is 9.81. The first-order valence-corrected chi connectivity index (χ1v) is 5.31. The van der Waals surface area contributed by atoms with E-state index in [1.165, 1.54) is 18.5 Å². The first-order valence-electron chi connectivity index (χ1n) is 4.52. The number of rotatable bonds is 1. The fourth-order valence-electron chi connectivity index (χ4n) is 1.42. The molecule has 0 saturated heterocycles. The summed E-state index contributed by atoms with van der Waals surface area (Å²) < 4.78 is 14.4. The Morgan fingerprint density at radius 2 is 2.06 bits per heavy atom. The van der Waals surface area contributed by atoms with E-state index in [4.69, 9.17) is 5.26 Å². The van der Waals surface area contributed by atoms with Crippen molar-refractivity contribution >= 4 is 15.9 Å². The van der Waals surface area contributed by atoms with E-state index in [-0.39, 0.29) is 5.82 Å². The highest BCUT2D eigenvalue weighted by Crippen LogP contribution is 2.28. The molecular weight excluding hydrogens is 271 g/mol. The topological polar surface area (TPSA) is 36.7 Å². The molecule has 0 fully saturated rings. The molecule has 78 valence electrons. The quantitative estimate of drug-likeness (QED) is 0.799. The van der Waals surface area contributed by atoms with Gasteiger partial charge in [-0.1, -0.05) is 15.9 Å². The summed E-state index contributed by atoms with van der Waals surface area (Å²) in [6.45, 7) is 0. The Bertz CT molecular complexity index is 575. The fourth-order valence-corrected chi connectivity index (χ4v) is 1.78. The molecule has 0 spiro atoms. The average Bonchev–Trinajstić information content (AvgIpc) is 2.32. The number of nitriles is 1. The molecular formula is C12H6BrFN2. The van der Waals surface area contributed by atoms with E-state index < -0.39 is 0 Å². The van der Waals surface area contributed by atoms with Gasteiger partial charge in [-0.05, 0) is 24.3 Å². The van der Waals surface area contributed by atoms with Gasteiger partial charge in [0.15, 0.2) is 0 Å². The molecule has 0 saturated carbocycles. The van der Waals surface area contributed by atoms with Crippen molar-refractivity contribution in [2.75, 3.05) is 0 Å². The third-order valence-electron chi connectivity index (χ3n) is 2.16. The second kappa shape index (κ2) is 4.42. The van der Waals surface area contributed by atoms with Gasteiger partial charge in [0.05, 0.1) is 5.56 Å². The highest BCUT2D eigenvalue weighted by Gasteiger charge is 2.09. The van der Waals surface area contributed by atoms with E-state index in [2.05, 4.69) is 20.9 Å². The number of pyridine rings is 1. The van der Waals surface area contributed by atoms with Crippen LogP contribution in [0.4, 0.5) is 4.39 Å². The van der Waals surface area contributed by atoms with Crippen molar-refractivity contribution in [2.45, 2.75) is 0 Å². The van der Waals surface area contributed by atoms with Crippen LogP contribution in [0.5, 0.6) is 0 Å². The van der Waals surface area contributed by atoms with E-state index in [0.717, 1.165) is 4.47 Å². The summed E-state index contributed by atoms with van der Waals surface area (Å²) in [6, 6.07) is 8.25. The maximum Gasteiger partial charge on any atom is 0.131 e. The molecule has 0 aliphatic rings. The molecule has 0 atom stereocenters. The Morgan fingerprint density at radius 3 is 2.81 bits per heavy atom. The van der Waals surface area contributed by atoms with Gasteiger partial charge < -0.3 is 0 Å². The maximum atomic E-state index is 13.6. The van der Waals surface area contributed by atoms with Crippen molar-refractivity contribution in [3.05, 3.63) is 52.5 Å². The lowest BCUT2D eigenvalue weighted by atomic mass is 10.0. The van der Waals surface area contributed by atoms with Crippen LogP contribution < -0.4 is 0 Å². The summed E-state index contributed by atoms with van der Waals surface area (Å²) in [7, 11) is 0. The molecule has 0 aliphatic heterocycles. The van der Waals surface area contributed by atoms with Crippen LogP contribution in [-0.4, -0.2) is 4.98 Å². The minimum atomic E-state index is -0.356. The van der Waals surface area contributed by atoms with Crippen molar-refractivity contribution in [2.24, 2.45) is 0 Å². The van der Waals surface area contributed by atoms with Crippen LogP contribution in [0, 0.1) is 17.1 Å². The van der Waals surface area contributed by atoms with Gasteiger partial charge in [-0.3, -0.25) is 4.98 Å². The highest BCUT2D eigenvalue weighted by atomic mass is 79.9. The minimum absolute atomic E-state index is 0.356. The first kappa shape index (κ1) is 10.8. The predicted molar refractivity (Wildman–Crippen MR) is 62.0 cm³/mol. The smallest absolute Gasteiger partial charge is 0.131 e. The van der Waals surface area contributed by atoms with E-state index in [1.807, 2.05) is 6.07 Å². The number of benzene rings is 1. The third kappa shape index (κ3) is 1.95. The lowest BCUT2D eigenvalue weighted by molar-refractivity contribution is 0.631. The van der Waals surface area contributed by atoms with Crippen LogP contribution >= 0.6 is 15.9 Å². The van der Waals surface area contributed by atoms with Crippen LogP contribution in [0.25, 0.3) is 11.1 Å². The molecule has 0 radical (unpaired) electrons. The Hall–Kier alpha value is -1.73. The standard InChI is InChI=1S/C12H6BrFN2/c13-9-1-2-12(14)11(5-9)10-3-4-16-7-8(10)6-15/h1-5,7H. The molecule has 1 aromatic heterocycles. The van der Waals surface area contributed by atoms with Gasteiger partial charge >= 0.3 is 0 Å². The number of hydrogen-bond acceptors (Lipinski definition) is 2. The van der Waals surface area contributed by atoms with Crippen LogP contribution in [0.3, 0.4) is 0 Å². The van der Waals surface area contributed by atoms with Gasteiger partial charge in [0.2, 0.25) is 0 Å². The Balaban J connectivity index is 2.68. The van der Waals surface area contributed by atoms with Crippen LogP contribution in [0.1, 0.15) is 5.56 Å². The number of hydrogen-bond donors (Lipinski definition) is 0. The zero-order valence-electron chi connectivity index (χ0n) is 8.11. The van der Waals surface area contributed by atoms with Crippen molar-refractivity contribution in [3.8, 4) is 17.2 Å². The number of halogens is 2. The largest absolute Gasteiger partial charge is 0.263 e. The molecule has 1 heterocycles. The van der Waals surface area contributed by atoms with Gasteiger partial charge in [-0.15, -0.1) is 0 Å². The van der Waals surface area contributed by atoms with Gasteiger partial charge in [-0.2, -0.15) is 5.26 Å². The molecule has 2 nitrogen and oxygen atoms in total. The molecule has 2 aromatic rings. The van der Waals surface area contributed by atoms with Crippen molar-refractivity contribution in [1.29, 1.82) is 5.26 Å². The SMILES string of the molecule is N#Cc1cnccc1-c1cc(Br)ccc1F. The van der Waals surface area contributed by atoms with Crippen molar-refractivity contribution < 1.29 is 4.39 Å². The zero-order valence-corrected chi connectivity index (χ0v) is 9.70. The Morgan fingerprint density at radius 1 is 1.25 bits per heavy atom. The van der Waals surface area contributed by atoms with Gasteiger partial charge in [0.1, 0.15) is 11.9 Å². The molecule has 0 amide bonds. The molecule has 0 N–H and O–H groups in total. The van der Waals surface area contributed by atoms with Crippen LogP contribution in [0.15, 0.2) is 41.1 Å². The Kier molecular flexibility index (Phi) is 2.97. The molecule has 0 bridgehead atoms. The maximum absolute atomic E-state index is 13.6. The third-order valence-corrected chi connectivity index (χ3v) is 2.65. The van der Waals surface area contributed by atoms with E-state index in [1.54, 1.807) is 18.2 Å². The van der Waals surface area contributed by atoms with E-state index in [9.17, 15) is 4.39 Å². The van der Waals surface area contributed by atoms with Gasteiger partial charge in [0, 0.05) is 28.0 Å². The predicted octanol–water partition coefficient (Wildman–Crippen LogP) is 3.52. The van der Waals surface area contributed by atoms with E-state index in [0.29, 0.717) is 16.7 Å². The summed E-state index contributed by atoms with van der Waals surface area (Å²) in [5, 5.41) is 8.92. The lowest BCUT2D eigenvalue weighted by Crippen LogP contribution is -1.89. The van der Waals surface area contributed by atoms with Crippen LogP contribution in [0.2, 0.25) is 0 Å². The number of aromatic nitrogens is 1. The molecule has 16 heavy (non-hydrogen) atoms. The summed E-state index contributed by atoms with van der Waals surface area (Å²) in [4.78, 5) is 3.84. The molecule has 0 aliphatic carbocycles. The Labute approximate surface area is 100 Å². The molecule has 2 rings (SSSR count). The highest BCUT2D eigenvalue weighted by molar-refractivity contribution is 9.10.